The van der Waals surface area contributed by atoms with Gasteiger partial charge in [-0.1, -0.05) is 59.8 Å². The fraction of sp³-hybridized carbons (Fsp3) is 0.120. The molecule has 3 aromatic carbocycles. The van der Waals surface area contributed by atoms with E-state index in [1.165, 1.54) is 12.1 Å². The van der Waals surface area contributed by atoms with Crippen molar-refractivity contribution in [1.29, 1.82) is 5.41 Å². The summed E-state index contributed by atoms with van der Waals surface area (Å²) in [4.78, 5) is 29.4. The lowest BCUT2D eigenvalue weighted by Gasteiger charge is -2.24. The van der Waals surface area contributed by atoms with Crippen LogP contribution in [0.2, 0.25) is 0 Å². The molecule has 0 aliphatic carbocycles. The number of primary sulfonamides is 1. The Balaban J connectivity index is 1.69. The lowest BCUT2D eigenvalue weighted by molar-refractivity contribution is -0.152. The molecule has 0 bridgehead atoms. The number of carboxylic acid groups (broad SMARTS) is 1. The maximum atomic E-state index is 15.5. The van der Waals surface area contributed by atoms with Gasteiger partial charge in [0.25, 0.3) is 5.91 Å². The molecule has 1 aliphatic heterocycles. The van der Waals surface area contributed by atoms with Crippen molar-refractivity contribution in [2.75, 3.05) is 5.32 Å². The predicted octanol–water partition coefficient (Wildman–Crippen LogP) is 2.40. The summed E-state index contributed by atoms with van der Waals surface area (Å²) in [6, 6.07) is 16.8. The summed E-state index contributed by atoms with van der Waals surface area (Å²) in [5.74, 6) is -3.98. The highest BCUT2D eigenvalue weighted by molar-refractivity contribution is 7.89. The van der Waals surface area contributed by atoms with Gasteiger partial charge in [0.1, 0.15) is 10.7 Å². The summed E-state index contributed by atoms with van der Waals surface area (Å²) in [6.07, 6.45) is -1.14. The molecule has 1 atom stereocenters. The van der Waals surface area contributed by atoms with Crippen molar-refractivity contribution in [2.45, 2.75) is 23.3 Å². The number of anilines is 1. The van der Waals surface area contributed by atoms with E-state index in [-0.39, 0.29) is 23.5 Å². The summed E-state index contributed by atoms with van der Waals surface area (Å²) in [7, 11) is -4.58. The predicted molar refractivity (Wildman–Crippen MR) is 137 cm³/mol. The number of hydrogen-bond acceptors (Lipinski definition) is 7. The van der Waals surface area contributed by atoms with Crippen LogP contribution in [0.25, 0.3) is 11.1 Å². The average molecular weight is 540 g/mol. The monoisotopic (exact) mass is 539 g/mol. The second kappa shape index (κ2) is 10.0. The largest absolute Gasteiger partial charge is 0.481 e. The first kappa shape index (κ1) is 26.4. The lowest BCUT2D eigenvalue weighted by atomic mass is 9.89. The molecule has 0 fully saturated rings. The second-order valence-corrected chi connectivity index (χ2v) is 10.0. The number of hydrogen-bond donors (Lipinski definition) is 5. The molecule has 0 radical (unpaired) electrons. The number of rotatable bonds is 8. The van der Waals surface area contributed by atoms with Crippen LogP contribution >= 0.6 is 0 Å². The van der Waals surface area contributed by atoms with E-state index in [1.807, 2.05) is 0 Å². The summed E-state index contributed by atoms with van der Waals surface area (Å²) < 4.78 is 40.1. The van der Waals surface area contributed by atoms with Gasteiger partial charge in [-0.15, -0.1) is 0 Å². The maximum Gasteiger partial charge on any atom is 0.308 e. The summed E-state index contributed by atoms with van der Waals surface area (Å²) in [5, 5.41) is 28.5. The van der Waals surface area contributed by atoms with Gasteiger partial charge in [0.15, 0.2) is 5.82 Å². The normalized spacial score (nSPS) is 16.8. The zero-order valence-electron chi connectivity index (χ0n) is 19.6. The first-order valence-corrected chi connectivity index (χ1v) is 12.6. The Morgan fingerprint density at radius 1 is 1.11 bits per heavy atom. The van der Waals surface area contributed by atoms with E-state index in [0.29, 0.717) is 16.7 Å². The highest BCUT2D eigenvalue weighted by atomic mass is 32.2. The molecule has 1 unspecified atom stereocenters. The molecule has 0 saturated heterocycles. The molecule has 1 aliphatic rings. The number of oxime groups is 1. The number of nitrogens with zero attached hydrogens (tertiary/aromatic N) is 1. The topological polar surface area (TPSA) is 198 Å². The second-order valence-electron chi connectivity index (χ2n) is 8.53. The standard InChI is InChI=1S/C25H22FN5O6S/c26-21-18(10-9-17(22(21)38(29,35)36)14-5-2-1-3-6-14)30-24(34)25(13-20(32)33)12-19(31-37-25)15-7-4-8-16(11-15)23(27)28/h1-11H,12-13H2,(H3,27,28)(H,30,34)(H,32,33)(H2,29,35,36). The summed E-state index contributed by atoms with van der Waals surface area (Å²) in [5.41, 5.74) is 4.29. The lowest BCUT2D eigenvalue weighted by Crippen LogP contribution is -2.45. The zero-order valence-corrected chi connectivity index (χ0v) is 20.5. The molecule has 3 aromatic rings. The molecule has 1 heterocycles. The van der Waals surface area contributed by atoms with Crippen molar-refractivity contribution >= 4 is 39.1 Å². The minimum absolute atomic E-state index is 0.0167. The van der Waals surface area contributed by atoms with Crippen molar-refractivity contribution in [3.05, 3.63) is 83.7 Å². The van der Waals surface area contributed by atoms with Crippen molar-refractivity contribution in [3.8, 4) is 11.1 Å². The molecule has 4 rings (SSSR count). The Morgan fingerprint density at radius 2 is 1.79 bits per heavy atom. The van der Waals surface area contributed by atoms with Crippen LogP contribution in [0.1, 0.15) is 24.0 Å². The van der Waals surface area contributed by atoms with Crippen molar-refractivity contribution in [2.24, 2.45) is 16.0 Å². The highest BCUT2D eigenvalue weighted by Gasteiger charge is 2.49. The van der Waals surface area contributed by atoms with Crippen molar-refractivity contribution in [1.82, 2.24) is 0 Å². The molecule has 0 aromatic heterocycles. The SMILES string of the molecule is N=C(N)c1cccc(C2=NOC(CC(=O)O)(C(=O)Nc3ccc(-c4ccccc4)c(S(N)(=O)=O)c3F)C2)c1. The highest BCUT2D eigenvalue weighted by Crippen LogP contribution is 2.35. The third-order valence-electron chi connectivity index (χ3n) is 5.86. The molecule has 13 heteroatoms. The van der Waals surface area contributed by atoms with E-state index in [2.05, 4.69) is 10.5 Å². The van der Waals surface area contributed by atoms with Gasteiger partial charge in [0, 0.05) is 23.1 Å². The molecule has 7 N–H and O–H groups in total. The number of carbonyl (C=O) groups is 2. The van der Waals surface area contributed by atoms with Crippen LogP contribution < -0.4 is 16.2 Å². The summed E-state index contributed by atoms with van der Waals surface area (Å²) >= 11 is 0. The third kappa shape index (κ3) is 5.23. The number of nitrogens with two attached hydrogens (primary N) is 2. The van der Waals surface area contributed by atoms with Crippen LogP contribution in [0.3, 0.4) is 0 Å². The fourth-order valence-corrected chi connectivity index (χ4v) is 4.90. The molecule has 196 valence electrons. The molecule has 0 spiro atoms. The first-order chi connectivity index (χ1) is 17.9. The van der Waals surface area contributed by atoms with Gasteiger partial charge in [0.2, 0.25) is 15.6 Å². The number of sulfonamides is 1. The molecule has 11 nitrogen and oxygen atoms in total. The fourth-order valence-electron chi connectivity index (χ4n) is 4.05. The molecular formula is C25H22FN5O6S. The Morgan fingerprint density at radius 3 is 2.42 bits per heavy atom. The van der Waals surface area contributed by atoms with Crippen molar-refractivity contribution in [3.63, 3.8) is 0 Å². The van der Waals surface area contributed by atoms with Gasteiger partial charge in [-0.25, -0.2) is 17.9 Å². The van der Waals surface area contributed by atoms with E-state index in [1.54, 1.807) is 48.5 Å². The van der Waals surface area contributed by atoms with Crippen molar-refractivity contribution < 1.29 is 32.3 Å². The van der Waals surface area contributed by atoms with Gasteiger partial charge in [-0.2, -0.15) is 0 Å². The van der Waals surface area contributed by atoms with Crippen LogP contribution in [-0.2, 0) is 24.4 Å². The number of carbonyl (C=O) groups excluding carboxylic acids is 1. The van der Waals surface area contributed by atoms with E-state index < -0.39 is 50.3 Å². The zero-order chi connectivity index (χ0) is 27.7. The molecule has 0 saturated carbocycles. The Labute approximate surface area is 216 Å². The first-order valence-electron chi connectivity index (χ1n) is 11.0. The van der Waals surface area contributed by atoms with E-state index in [4.69, 9.17) is 21.1 Å². The van der Waals surface area contributed by atoms with Crippen LogP contribution in [0, 0.1) is 11.2 Å². The average Bonchev–Trinajstić information content (AvgIpc) is 3.29. The van der Waals surface area contributed by atoms with Crippen LogP contribution in [0.5, 0.6) is 0 Å². The third-order valence-corrected chi connectivity index (χ3v) is 6.82. The van der Waals surface area contributed by atoms with Crippen LogP contribution in [-0.4, -0.2) is 42.5 Å². The number of aliphatic carboxylic acids is 1. The van der Waals surface area contributed by atoms with Gasteiger partial charge < -0.3 is 21.0 Å². The quantitative estimate of drug-likeness (QED) is 0.214. The van der Waals surface area contributed by atoms with Gasteiger partial charge in [0.05, 0.1) is 17.8 Å². The number of nitrogen functional groups attached to an aromatic ring is 1. The number of benzene rings is 3. The Hall–Kier alpha value is -4.62. The number of amides is 1. The number of halogens is 1. The number of amidine groups is 1. The minimum Gasteiger partial charge on any atom is -0.481 e. The van der Waals surface area contributed by atoms with Gasteiger partial charge >= 0.3 is 5.97 Å². The van der Waals surface area contributed by atoms with E-state index in [9.17, 15) is 23.1 Å². The van der Waals surface area contributed by atoms with E-state index in [0.717, 1.165) is 6.07 Å². The Kier molecular flexibility index (Phi) is 6.98. The molecule has 38 heavy (non-hydrogen) atoms. The molecular weight excluding hydrogens is 517 g/mol. The minimum atomic E-state index is -4.58. The Bertz CT molecular complexity index is 1590. The van der Waals surface area contributed by atoms with Crippen LogP contribution in [0.15, 0.2) is 76.8 Å². The number of carboxylic acids is 1. The van der Waals surface area contributed by atoms with Crippen LogP contribution in [0.4, 0.5) is 10.1 Å². The molecule has 1 amide bonds. The summed E-state index contributed by atoms with van der Waals surface area (Å²) in [6.45, 7) is 0. The van der Waals surface area contributed by atoms with E-state index >= 15 is 4.39 Å². The van der Waals surface area contributed by atoms with Gasteiger partial charge in [-0.3, -0.25) is 15.0 Å². The number of nitrogens with one attached hydrogen (secondary N) is 2. The maximum absolute atomic E-state index is 15.5. The van der Waals surface area contributed by atoms with Gasteiger partial charge in [-0.05, 0) is 17.7 Å². The smallest absolute Gasteiger partial charge is 0.308 e.